The molecule has 1 aromatic carbocycles. The molecule has 1 N–H and O–H groups in total. The van der Waals surface area contributed by atoms with Crippen LogP contribution in [0.25, 0.3) is 10.9 Å². The Morgan fingerprint density at radius 3 is 2.57 bits per heavy atom. The van der Waals surface area contributed by atoms with Crippen molar-refractivity contribution in [1.29, 1.82) is 0 Å². The van der Waals surface area contributed by atoms with Crippen LogP contribution < -0.4 is 5.32 Å². The molecule has 1 saturated heterocycles. The highest BCUT2D eigenvalue weighted by Crippen LogP contribution is 2.32. The normalized spacial score (nSPS) is 23.0. The first-order chi connectivity index (χ1) is 10.3. The van der Waals surface area contributed by atoms with E-state index in [9.17, 15) is 8.42 Å². The standard InChI is InChI=1S/C16H23N3O2S.ClH/c1-11-10-19(12(2)9-17-11)22(20,21)16-13(3)18(4)15-8-6-5-7-14(15)16;/h5-8,11-12,17H,9-10H2,1-4H3;1H. The van der Waals surface area contributed by atoms with Crippen LogP contribution in [0.4, 0.5) is 0 Å². The molecule has 1 fully saturated rings. The summed E-state index contributed by atoms with van der Waals surface area (Å²) in [4.78, 5) is 0.451. The summed E-state index contributed by atoms with van der Waals surface area (Å²) in [6.07, 6.45) is 0. The summed E-state index contributed by atoms with van der Waals surface area (Å²) in [5.41, 5.74) is 1.74. The summed E-state index contributed by atoms with van der Waals surface area (Å²) in [6, 6.07) is 7.82. The van der Waals surface area contributed by atoms with Gasteiger partial charge in [-0.25, -0.2) is 8.42 Å². The highest BCUT2D eigenvalue weighted by molar-refractivity contribution is 7.89. The van der Waals surface area contributed by atoms with Crippen LogP contribution in [0.5, 0.6) is 0 Å². The second-order valence-electron chi connectivity index (χ2n) is 6.22. The Bertz CT molecular complexity index is 816. The fraction of sp³-hybridized carbons (Fsp3) is 0.500. The molecule has 128 valence electrons. The lowest BCUT2D eigenvalue weighted by atomic mass is 10.2. The molecule has 1 aliphatic heterocycles. The minimum atomic E-state index is -3.51. The molecular formula is C16H24ClN3O2S. The first-order valence-electron chi connectivity index (χ1n) is 7.63. The van der Waals surface area contributed by atoms with E-state index < -0.39 is 10.0 Å². The second-order valence-corrected chi connectivity index (χ2v) is 8.05. The van der Waals surface area contributed by atoms with Gasteiger partial charge in [0.15, 0.2) is 0 Å². The Hall–Kier alpha value is -1.08. The molecule has 5 nitrogen and oxygen atoms in total. The Morgan fingerprint density at radius 1 is 1.22 bits per heavy atom. The number of aryl methyl sites for hydroxylation is 1. The number of nitrogens with one attached hydrogen (secondary N) is 1. The monoisotopic (exact) mass is 357 g/mol. The molecular weight excluding hydrogens is 334 g/mol. The fourth-order valence-electron chi connectivity index (χ4n) is 3.25. The molecule has 0 amide bonds. The predicted molar refractivity (Wildman–Crippen MR) is 95.7 cm³/mol. The maximum atomic E-state index is 13.3. The number of hydrogen-bond acceptors (Lipinski definition) is 3. The number of piperazine rings is 1. The summed E-state index contributed by atoms with van der Waals surface area (Å²) in [7, 11) is -1.59. The van der Waals surface area contributed by atoms with Crippen LogP contribution in [0.3, 0.4) is 0 Å². The van der Waals surface area contributed by atoms with E-state index in [0.717, 1.165) is 16.6 Å². The molecule has 2 atom stereocenters. The number of sulfonamides is 1. The average molecular weight is 358 g/mol. The summed E-state index contributed by atoms with van der Waals surface area (Å²) in [5.74, 6) is 0. The smallest absolute Gasteiger partial charge is 0.245 e. The van der Waals surface area contributed by atoms with Gasteiger partial charge in [0.2, 0.25) is 10.0 Å². The zero-order chi connectivity index (χ0) is 16.1. The summed E-state index contributed by atoms with van der Waals surface area (Å²) >= 11 is 0. The van der Waals surface area contributed by atoms with E-state index >= 15 is 0 Å². The quantitative estimate of drug-likeness (QED) is 0.897. The van der Waals surface area contributed by atoms with Crippen molar-refractivity contribution in [2.24, 2.45) is 7.05 Å². The minimum Gasteiger partial charge on any atom is -0.347 e. The predicted octanol–water partition coefficient (Wildman–Crippen LogP) is 2.28. The SMILES string of the molecule is Cc1c(S(=O)(=O)N2CC(C)NCC2C)c2ccccc2n1C.Cl. The lowest BCUT2D eigenvalue weighted by Gasteiger charge is -2.36. The number of rotatable bonds is 2. The van der Waals surface area contributed by atoms with Crippen molar-refractivity contribution in [1.82, 2.24) is 14.2 Å². The number of aromatic nitrogens is 1. The van der Waals surface area contributed by atoms with Crippen molar-refractivity contribution in [2.75, 3.05) is 13.1 Å². The van der Waals surface area contributed by atoms with E-state index in [2.05, 4.69) is 5.32 Å². The highest BCUT2D eigenvalue weighted by atomic mass is 35.5. The van der Waals surface area contributed by atoms with E-state index in [1.54, 1.807) is 4.31 Å². The summed E-state index contributed by atoms with van der Waals surface area (Å²) in [6.45, 7) is 7.04. The van der Waals surface area contributed by atoms with Crippen LogP contribution in [-0.4, -0.2) is 42.5 Å². The van der Waals surface area contributed by atoms with Gasteiger partial charge in [-0.15, -0.1) is 12.4 Å². The first-order valence-corrected chi connectivity index (χ1v) is 9.07. The Morgan fingerprint density at radius 2 is 1.87 bits per heavy atom. The molecule has 3 rings (SSSR count). The van der Waals surface area contributed by atoms with Crippen molar-refractivity contribution >= 4 is 33.3 Å². The Kier molecular flexibility index (Phi) is 5.11. The summed E-state index contributed by atoms with van der Waals surface area (Å²) in [5, 5.41) is 4.14. The third kappa shape index (κ3) is 2.89. The molecule has 1 aromatic heterocycles. The van der Waals surface area contributed by atoms with E-state index in [1.165, 1.54) is 0 Å². The first kappa shape index (κ1) is 18.3. The third-order valence-electron chi connectivity index (χ3n) is 4.62. The van der Waals surface area contributed by atoms with Crippen molar-refractivity contribution in [3.63, 3.8) is 0 Å². The topological polar surface area (TPSA) is 54.3 Å². The molecule has 0 radical (unpaired) electrons. The molecule has 0 aliphatic carbocycles. The van der Waals surface area contributed by atoms with Crippen molar-refractivity contribution in [2.45, 2.75) is 37.8 Å². The van der Waals surface area contributed by atoms with Crippen LogP contribution in [0.1, 0.15) is 19.5 Å². The maximum Gasteiger partial charge on any atom is 0.245 e. The van der Waals surface area contributed by atoms with Gasteiger partial charge >= 0.3 is 0 Å². The molecule has 2 aromatic rings. The molecule has 23 heavy (non-hydrogen) atoms. The van der Waals surface area contributed by atoms with Gasteiger partial charge in [0.25, 0.3) is 0 Å². The number of benzene rings is 1. The zero-order valence-corrected chi connectivity index (χ0v) is 15.5. The molecule has 2 unspecified atom stereocenters. The van der Waals surface area contributed by atoms with Gasteiger partial charge in [0, 0.05) is 48.8 Å². The number of nitrogens with zero attached hydrogens (tertiary/aromatic N) is 2. The number of para-hydroxylation sites is 1. The lowest BCUT2D eigenvalue weighted by Crippen LogP contribution is -2.56. The Labute approximate surface area is 144 Å². The van der Waals surface area contributed by atoms with E-state index in [1.807, 2.05) is 56.7 Å². The van der Waals surface area contributed by atoms with Crippen LogP contribution in [0.2, 0.25) is 0 Å². The molecule has 0 spiro atoms. The number of hydrogen-bond donors (Lipinski definition) is 1. The molecule has 0 saturated carbocycles. The molecule has 0 bridgehead atoms. The molecule has 7 heteroatoms. The fourth-order valence-corrected chi connectivity index (χ4v) is 5.42. The largest absolute Gasteiger partial charge is 0.347 e. The minimum absolute atomic E-state index is 0. The third-order valence-corrected chi connectivity index (χ3v) is 6.77. The van der Waals surface area contributed by atoms with Crippen LogP contribution >= 0.6 is 12.4 Å². The van der Waals surface area contributed by atoms with Crippen LogP contribution in [0.15, 0.2) is 29.2 Å². The Balaban J connectivity index is 0.00000192. The summed E-state index contributed by atoms with van der Waals surface area (Å²) < 4.78 is 30.2. The zero-order valence-electron chi connectivity index (χ0n) is 13.9. The van der Waals surface area contributed by atoms with Gasteiger partial charge in [0.05, 0.1) is 0 Å². The van der Waals surface area contributed by atoms with Crippen LogP contribution in [0, 0.1) is 6.92 Å². The van der Waals surface area contributed by atoms with Gasteiger partial charge in [-0.05, 0) is 26.8 Å². The van der Waals surface area contributed by atoms with E-state index in [4.69, 9.17) is 0 Å². The van der Waals surface area contributed by atoms with Crippen LogP contribution in [-0.2, 0) is 17.1 Å². The average Bonchev–Trinajstić information content (AvgIpc) is 2.74. The van der Waals surface area contributed by atoms with Crippen molar-refractivity contribution < 1.29 is 8.42 Å². The van der Waals surface area contributed by atoms with Crippen molar-refractivity contribution in [3.05, 3.63) is 30.0 Å². The molecule has 2 heterocycles. The van der Waals surface area contributed by atoms with Gasteiger partial charge in [0.1, 0.15) is 4.90 Å². The molecule has 1 aliphatic rings. The second kappa shape index (κ2) is 6.43. The van der Waals surface area contributed by atoms with E-state index in [0.29, 0.717) is 18.0 Å². The number of halogens is 1. The van der Waals surface area contributed by atoms with Crippen molar-refractivity contribution in [3.8, 4) is 0 Å². The van der Waals surface area contributed by atoms with Gasteiger partial charge in [-0.2, -0.15) is 4.31 Å². The van der Waals surface area contributed by atoms with Gasteiger partial charge in [-0.3, -0.25) is 0 Å². The van der Waals surface area contributed by atoms with Gasteiger partial charge < -0.3 is 9.88 Å². The lowest BCUT2D eigenvalue weighted by molar-refractivity contribution is 0.244. The highest BCUT2D eigenvalue weighted by Gasteiger charge is 2.36. The maximum absolute atomic E-state index is 13.3. The van der Waals surface area contributed by atoms with E-state index in [-0.39, 0.29) is 24.5 Å². The number of fused-ring (bicyclic) bond motifs is 1. The van der Waals surface area contributed by atoms with Gasteiger partial charge in [-0.1, -0.05) is 18.2 Å².